The number of rotatable bonds is 5. The van der Waals surface area contributed by atoms with Crippen molar-refractivity contribution in [1.29, 1.82) is 0 Å². The van der Waals surface area contributed by atoms with Crippen molar-refractivity contribution in [2.24, 2.45) is 0 Å². The van der Waals surface area contributed by atoms with Gasteiger partial charge in [-0.25, -0.2) is 4.98 Å². The highest BCUT2D eigenvalue weighted by molar-refractivity contribution is 6.34. The number of halogens is 5. The zero-order chi connectivity index (χ0) is 34.6. The molecule has 0 spiro atoms. The molecule has 1 unspecified atom stereocenters. The van der Waals surface area contributed by atoms with Gasteiger partial charge in [-0.05, 0) is 37.1 Å². The Balaban J connectivity index is 1.23. The molecule has 258 valence electrons. The molecular weight excluding hydrogens is 694 g/mol. The zero-order valence-electron chi connectivity index (χ0n) is 25.6. The van der Waals surface area contributed by atoms with Gasteiger partial charge in [0.05, 0.1) is 40.2 Å². The average Bonchev–Trinajstić information content (AvgIpc) is 3.73. The number of amides is 2. The minimum atomic E-state index is -4.61. The molecule has 0 bridgehead atoms. The number of fused-ring (bicyclic) bond motifs is 3. The fourth-order valence-corrected chi connectivity index (χ4v) is 6.73. The van der Waals surface area contributed by atoms with Crippen LogP contribution < -0.4 is 20.7 Å². The molecular formula is C30H28Cl2F3N9O5. The number of hydrogen-bond acceptors (Lipinski definition) is 10. The standard InChI is InChI=1S/C30H28Cl2F3N9O5/c31-17-5-6-36-22(24(17)45)26(47)41-9-7-40(8-10-41)23-20-3-4-21(25(46)37-19-2-1-16(15-18(19)32)30(33,34)35)43(20)29-38-28(39-44(29)27(23)48)42-11-13-49-14-12-42/h1-2,5-6,15,21,45H,3-4,7-14H2,(H,37,46). The largest absolute Gasteiger partial charge is 0.504 e. The quantitative estimate of drug-likeness (QED) is 0.315. The summed E-state index contributed by atoms with van der Waals surface area (Å²) < 4.78 is 47.9. The van der Waals surface area contributed by atoms with Crippen LogP contribution in [0, 0.1) is 0 Å². The van der Waals surface area contributed by atoms with Gasteiger partial charge in [0, 0.05) is 45.5 Å². The second kappa shape index (κ2) is 12.7. The van der Waals surface area contributed by atoms with Gasteiger partial charge < -0.3 is 29.9 Å². The van der Waals surface area contributed by atoms with E-state index in [1.807, 2.05) is 9.80 Å². The van der Waals surface area contributed by atoms with E-state index in [2.05, 4.69) is 20.4 Å². The van der Waals surface area contributed by atoms with Crippen LogP contribution in [0.15, 0.2) is 35.3 Å². The van der Waals surface area contributed by atoms with Crippen molar-refractivity contribution < 1.29 is 32.6 Å². The first kappa shape index (κ1) is 32.9. The van der Waals surface area contributed by atoms with Crippen molar-refractivity contribution in [2.75, 3.05) is 67.6 Å². The molecule has 3 aliphatic rings. The van der Waals surface area contributed by atoms with E-state index in [0.717, 1.165) is 22.7 Å². The van der Waals surface area contributed by atoms with E-state index in [1.165, 1.54) is 17.2 Å². The zero-order valence-corrected chi connectivity index (χ0v) is 27.1. The third kappa shape index (κ3) is 5.99. The predicted octanol–water partition coefficient (Wildman–Crippen LogP) is 3.24. The Hall–Kier alpha value is -4.61. The Kier molecular flexibility index (Phi) is 8.52. The van der Waals surface area contributed by atoms with Crippen molar-refractivity contribution >= 4 is 58.1 Å². The van der Waals surface area contributed by atoms with E-state index in [-0.39, 0.29) is 65.8 Å². The molecule has 4 aromatic rings. The molecule has 1 aromatic carbocycles. The van der Waals surface area contributed by atoms with Crippen molar-refractivity contribution in [3.8, 4) is 5.75 Å². The summed E-state index contributed by atoms with van der Waals surface area (Å²) >= 11 is 12.1. The number of aromatic nitrogens is 5. The van der Waals surface area contributed by atoms with Gasteiger partial charge in [0.2, 0.25) is 17.6 Å². The summed E-state index contributed by atoms with van der Waals surface area (Å²) in [6.45, 7) is 2.74. The summed E-state index contributed by atoms with van der Waals surface area (Å²) in [6.07, 6.45) is -2.72. The number of ether oxygens (including phenoxy) is 1. The first-order valence-corrected chi connectivity index (χ1v) is 16.1. The Bertz CT molecular complexity index is 2020. The smallest absolute Gasteiger partial charge is 0.416 e. The van der Waals surface area contributed by atoms with Gasteiger partial charge in [-0.15, -0.1) is 5.10 Å². The number of alkyl halides is 3. The van der Waals surface area contributed by atoms with Gasteiger partial charge in [0.25, 0.3) is 11.5 Å². The van der Waals surface area contributed by atoms with E-state index < -0.39 is 40.9 Å². The lowest BCUT2D eigenvalue weighted by atomic mass is 10.1. The van der Waals surface area contributed by atoms with E-state index in [0.29, 0.717) is 44.1 Å². The van der Waals surface area contributed by atoms with Crippen LogP contribution in [-0.4, -0.2) is 98.5 Å². The number of nitrogens with zero attached hydrogens (tertiary/aromatic N) is 8. The van der Waals surface area contributed by atoms with Gasteiger partial charge in [0.1, 0.15) is 11.7 Å². The minimum absolute atomic E-state index is 0.00176. The first-order valence-electron chi connectivity index (χ1n) is 15.3. The molecule has 14 nitrogen and oxygen atoms in total. The van der Waals surface area contributed by atoms with Crippen molar-refractivity contribution in [3.63, 3.8) is 0 Å². The molecule has 3 aliphatic heterocycles. The van der Waals surface area contributed by atoms with Crippen LogP contribution in [0.2, 0.25) is 10.0 Å². The molecule has 1 atom stereocenters. The van der Waals surface area contributed by atoms with E-state index in [1.54, 1.807) is 4.57 Å². The summed E-state index contributed by atoms with van der Waals surface area (Å²) in [4.78, 5) is 54.9. The molecule has 2 fully saturated rings. The number of aromatic hydroxyl groups is 1. The molecule has 6 heterocycles. The SMILES string of the molecule is O=C(Nc1ccc(C(F)(F)F)cc1Cl)C1CCc2c(N3CCN(C(=O)c4nccc(Cl)c4O)CC3)c(=O)n3nc(N4CCOCC4)nc3n21. The van der Waals surface area contributed by atoms with Crippen LogP contribution in [0.4, 0.5) is 30.5 Å². The molecule has 3 aromatic heterocycles. The molecule has 7 rings (SSSR count). The van der Waals surface area contributed by atoms with E-state index >= 15 is 0 Å². The number of hydrogen-bond donors (Lipinski definition) is 2. The summed E-state index contributed by atoms with van der Waals surface area (Å²) in [7, 11) is 0. The van der Waals surface area contributed by atoms with E-state index in [9.17, 15) is 32.7 Å². The Morgan fingerprint density at radius 1 is 1.00 bits per heavy atom. The van der Waals surface area contributed by atoms with Crippen molar-refractivity contribution in [1.82, 2.24) is 29.0 Å². The Labute approximate surface area is 285 Å². The Morgan fingerprint density at radius 3 is 2.43 bits per heavy atom. The third-order valence-electron chi connectivity index (χ3n) is 8.83. The second-order valence-electron chi connectivity index (χ2n) is 11.7. The lowest BCUT2D eigenvalue weighted by molar-refractivity contribution is -0.137. The molecule has 2 saturated heterocycles. The van der Waals surface area contributed by atoms with Crippen LogP contribution in [0.25, 0.3) is 5.78 Å². The predicted molar refractivity (Wildman–Crippen MR) is 172 cm³/mol. The Morgan fingerprint density at radius 2 is 1.73 bits per heavy atom. The lowest BCUT2D eigenvalue weighted by Gasteiger charge is -2.36. The normalized spacial score (nSPS) is 18.2. The molecule has 0 saturated carbocycles. The molecule has 0 radical (unpaired) electrons. The lowest BCUT2D eigenvalue weighted by Crippen LogP contribution is -2.51. The van der Waals surface area contributed by atoms with Crippen LogP contribution in [0.5, 0.6) is 5.75 Å². The molecule has 49 heavy (non-hydrogen) atoms. The van der Waals surface area contributed by atoms with Gasteiger partial charge in [-0.2, -0.15) is 22.7 Å². The monoisotopic (exact) mass is 721 g/mol. The summed E-state index contributed by atoms with van der Waals surface area (Å²) in [5, 5.41) is 17.2. The summed E-state index contributed by atoms with van der Waals surface area (Å²) in [6, 6.07) is 3.14. The number of benzene rings is 1. The van der Waals surface area contributed by atoms with Gasteiger partial charge in [-0.1, -0.05) is 23.2 Å². The molecule has 2 amide bonds. The number of carbonyl (C=O) groups is 2. The van der Waals surface area contributed by atoms with Crippen molar-refractivity contribution in [2.45, 2.75) is 25.1 Å². The number of morpholine rings is 1. The molecule has 19 heteroatoms. The maximum absolute atomic E-state index is 14.1. The minimum Gasteiger partial charge on any atom is -0.504 e. The number of piperazine rings is 1. The maximum atomic E-state index is 14.1. The van der Waals surface area contributed by atoms with E-state index in [4.69, 9.17) is 27.9 Å². The highest BCUT2D eigenvalue weighted by atomic mass is 35.5. The number of carbonyl (C=O) groups excluding carboxylic acids is 2. The van der Waals surface area contributed by atoms with Gasteiger partial charge in [0.15, 0.2) is 11.4 Å². The average molecular weight is 723 g/mol. The van der Waals surface area contributed by atoms with Crippen LogP contribution >= 0.6 is 23.2 Å². The van der Waals surface area contributed by atoms with Gasteiger partial charge >= 0.3 is 6.18 Å². The third-order valence-corrected chi connectivity index (χ3v) is 9.45. The van der Waals surface area contributed by atoms with Crippen molar-refractivity contribution in [3.05, 3.63) is 67.8 Å². The highest BCUT2D eigenvalue weighted by Gasteiger charge is 2.38. The number of nitrogens with one attached hydrogen (secondary N) is 1. The molecule has 0 aliphatic carbocycles. The fourth-order valence-electron chi connectivity index (χ4n) is 6.36. The second-order valence-corrected chi connectivity index (χ2v) is 12.5. The summed E-state index contributed by atoms with van der Waals surface area (Å²) in [5.41, 5.74) is -0.748. The number of anilines is 3. The van der Waals surface area contributed by atoms with Crippen LogP contribution in [-0.2, 0) is 22.1 Å². The van der Waals surface area contributed by atoms with Crippen LogP contribution in [0.1, 0.15) is 34.2 Å². The highest BCUT2D eigenvalue weighted by Crippen LogP contribution is 2.37. The number of pyridine rings is 1. The van der Waals surface area contributed by atoms with Gasteiger partial charge in [-0.3, -0.25) is 19.0 Å². The fraction of sp³-hybridized carbons (Fsp3) is 0.400. The summed E-state index contributed by atoms with van der Waals surface area (Å²) in [5.74, 6) is -1.06. The maximum Gasteiger partial charge on any atom is 0.416 e. The molecule has 2 N–H and O–H groups in total. The van der Waals surface area contributed by atoms with Crippen LogP contribution in [0.3, 0.4) is 0 Å². The first-order chi connectivity index (χ1) is 23.4. The topological polar surface area (TPSA) is 150 Å².